The van der Waals surface area contributed by atoms with E-state index in [1.54, 1.807) is 13.3 Å². The van der Waals surface area contributed by atoms with Gasteiger partial charge < -0.3 is 0 Å². The molecule has 1 aromatic heterocycles. The zero-order chi connectivity index (χ0) is 10.6. The van der Waals surface area contributed by atoms with Crippen LogP contribution in [0.4, 0.5) is 0 Å². The summed E-state index contributed by atoms with van der Waals surface area (Å²) < 4.78 is 11.3. The van der Waals surface area contributed by atoms with E-state index in [1.807, 2.05) is 6.07 Å². The topological polar surface area (TPSA) is 31.4 Å². The summed E-state index contributed by atoms with van der Waals surface area (Å²) in [5.74, 6) is 0.770. The molecule has 0 aliphatic carbocycles. The van der Waals surface area contributed by atoms with Gasteiger partial charge in [-0.15, -0.1) is 0 Å². The van der Waals surface area contributed by atoms with E-state index in [0.29, 0.717) is 0 Å². The molecule has 1 heterocycles. The average molecular weight is 302 g/mol. The van der Waals surface area contributed by atoms with Crippen LogP contribution >= 0.6 is 0 Å². The first kappa shape index (κ1) is 11.8. The average Bonchev–Trinajstić information content (AvgIpc) is 2.14. The van der Waals surface area contributed by atoms with Crippen molar-refractivity contribution in [2.24, 2.45) is 0 Å². The number of rotatable bonds is 4. The van der Waals surface area contributed by atoms with Gasteiger partial charge in [0.15, 0.2) is 0 Å². The molecular weight excluding hydrogens is 285 g/mol. The van der Waals surface area contributed by atoms with Crippen molar-refractivity contribution < 1.29 is 9.47 Å². The molecule has 0 N–H and O–H groups in total. The van der Waals surface area contributed by atoms with E-state index in [4.69, 9.17) is 9.47 Å². The number of hydrogen-bond acceptors (Lipinski definition) is 3. The van der Waals surface area contributed by atoms with Gasteiger partial charge in [-0.3, -0.25) is 0 Å². The number of nitrogens with zero attached hydrogens (tertiary/aromatic N) is 1. The predicted octanol–water partition coefficient (Wildman–Crippen LogP) is 1.61. The van der Waals surface area contributed by atoms with Crippen LogP contribution in [0, 0.1) is 0 Å². The van der Waals surface area contributed by atoms with E-state index in [2.05, 4.69) is 25.9 Å². The molecule has 0 atom stereocenters. The van der Waals surface area contributed by atoms with Gasteiger partial charge in [0.05, 0.1) is 0 Å². The van der Waals surface area contributed by atoms with Crippen molar-refractivity contribution in [3.8, 4) is 5.75 Å². The molecule has 78 valence electrons. The summed E-state index contributed by atoms with van der Waals surface area (Å²) >= 11 is -1.99. The summed E-state index contributed by atoms with van der Waals surface area (Å²) in [5.41, 5.74) is 0. The van der Waals surface area contributed by atoms with E-state index < -0.39 is 18.4 Å². The van der Waals surface area contributed by atoms with E-state index in [-0.39, 0.29) is 6.79 Å². The van der Waals surface area contributed by atoms with Crippen molar-refractivity contribution in [3.63, 3.8) is 0 Å². The third-order valence-electron chi connectivity index (χ3n) is 1.85. The summed E-state index contributed by atoms with van der Waals surface area (Å²) in [6.07, 6.45) is 1.77. The maximum absolute atomic E-state index is 5.26. The zero-order valence-corrected chi connectivity index (χ0v) is 12.1. The van der Waals surface area contributed by atoms with Gasteiger partial charge in [-0.05, 0) is 0 Å². The summed E-state index contributed by atoms with van der Waals surface area (Å²) in [6, 6.07) is 4.03. The molecule has 3 nitrogen and oxygen atoms in total. The summed E-state index contributed by atoms with van der Waals surface area (Å²) in [4.78, 5) is 11.4. The fourth-order valence-electron chi connectivity index (χ4n) is 1.04. The van der Waals surface area contributed by atoms with Gasteiger partial charge in [-0.25, -0.2) is 0 Å². The standard InChI is InChI=1S/C7H8NO2.3CH3.Sn/c1-9-6-10-7-3-2-4-8-5-7;;;;/h2-3,5H,6H2,1H3;3*1H3;. The monoisotopic (exact) mass is 303 g/mol. The van der Waals surface area contributed by atoms with Crippen LogP contribution in [0.15, 0.2) is 18.3 Å². The molecule has 0 aromatic carbocycles. The fraction of sp³-hybridized carbons (Fsp3) is 0.500. The second kappa shape index (κ2) is 4.98. The van der Waals surface area contributed by atoms with Crippen molar-refractivity contribution in [3.05, 3.63) is 18.3 Å². The molecular formula is C10H17NO2Sn. The van der Waals surface area contributed by atoms with E-state index >= 15 is 0 Å². The quantitative estimate of drug-likeness (QED) is 0.625. The van der Waals surface area contributed by atoms with Crippen LogP contribution in [-0.2, 0) is 4.74 Å². The first-order valence-corrected chi connectivity index (χ1v) is 14.6. The Labute approximate surface area is 89.3 Å². The minimum absolute atomic E-state index is 0.278. The fourth-order valence-corrected chi connectivity index (χ4v) is 3.99. The molecule has 0 spiro atoms. The molecule has 0 fully saturated rings. The van der Waals surface area contributed by atoms with Gasteiger partial charge in [-0.2, -0.15) is 0 Å². The molecule has 0 amide bonds. The van der Waals surface area contributed by atoms with Crippen molar-refractivity contribution in [1.29, 1.82) is 0 Å². The third kappa shape index (κ3) is 3.46. The first-order valence-electron chi connectivity index (χ1n) is 4.62. The Balaban J connectivity index is 2.69. The van der Waals surface area contributed by atoms with Crippen LogP contribution in [-0.4, -0.2) is 37.3 Å². The Bertz CT molecular complexity index is 279. The maximum atomic E-state index is 5.26. The molecule has 1 rings (SSSR count). The van der Waals surface area contributed by atoms with Gasteiger partial charge in [0.25, 0.3) is 0 Å². The number of methoxy groups -OCH3 is 1. The van der Waals surface area contributed by atoms with Crippen LogP contribution in [0.3, 0.4) is 0 Å². The van der Waals surface area contributed by atoms with Crippen LogP contribution in [0.1, 0.15) is 0 Å². The summed E-state index contributed by atoms with van der Waals surface area (Å²) in [5, 5.41) is 0. The van der Waals surface area contributed by atoms with Crippen molar-refractivity contribution in [2.45, 2.75) is 14.8 Å². The van der Waals surface area contributed by atoms with Crippen molar-refractivity contribution in [1.82, 2.24) is 4.98 Å². The number of hydrogen-bond donors (Lipinski definition) is 0. The Hall–Kier alpha value is -0.291. The third-order valence-corrected chi connectivity index (χ3v) is 7.08. The number of pyridine rings is 1. The molecule has 4 heteroatoms. The van der Waals surface area contributed by atoms with E-state index in [9.17, 15) is 0 Å². The van der Waals surface area contributed by atoms with Crippen molar-refractivity contribution in [2.75, 3.05) is 13.9 Å². The molecule has 0 unspecified atom stereocenters. The van der Waals surface area contributed by atoms with Crippen molar-refractivity contribution >= 4 is 22.1 Å². The molecule has 14 heavy (non-hydrogen) atoms. The summed E-state index contributed by atoms with van der Waals surface area (Å²) in [7, 11) is 1.60. The van der Waals surface area contributed by atoms with Crippen LogP contribution in [0.2, 0.25) is 14.8 Å². The zero-order valence-electron chi connectivity index (χ0n) is 9.20. The Morgan fingerprint density at radius 3 is 2.43 bits per heavy atom. The summed E-state index contributed by atoms with van der Waals surface area (Å²) in [6.45, 7) is 0.278. The van der Waals surface area contributed by atoms with Crippen LogP contribution in [0.25, 0.3) is 0 Å². The predicted molar refractivity (Wildman–Crippen MR) is 59.7 cm³/mol. The van der Waals surface area contributed by atoms with Gasteiger partial charge in [0, 0.05) is 0 Å². The molecule has 0 saturated carbocycles. The van der Waals surface area contributed by atoms with Crippen LogP contribution in [0.5, 0.6) is 5.75 Å². The minimum atomic E-state index is -1.99. The number of aromatic nitrogens is 1. The Kier molecular flexibility index (Phi) is 4.19. The first-order chi connectivity index (χ1) is 6.54. The molecule has 0 bridgehead atoms. The van der Waals surface area contributed by atoms with Gasteiger partial charge in [-0.1, -0.05) is 0 Å². The second-order valence-corrected chi connectivity index (χ2v) is 18.5. The Morgan fingerprint density at radius 2 is 2.00 bits per heavy atom. The molecule has 0 aliphatic rings. The van der Waals surface area contributed by atoms with Crippen LogP contribution < -0.4 is 8.45 Å². The molecule has 0 aliphatic heterocycles. The van der Waals surface area contributed by atoms with E-state index in [0.717, 1.165) is 5.75 Å². The van der Waals surface area contributed by atoms with Gasteiger partial charge in [0.2, 0.25) is 0 Å². The second-order valence-electron chi connectivity index (χ2n) is 4.18. The van der Waals surface area contributed by atoms with Gasteiger partial charge >= 0.3 is 89.3 Å². The van der Waals surface area contributed by atoms with E-state index in [1.165, 1.54) is 3.71 Å². The van der Waals surface area contributed by atoms with Gasteiger partial charge in [0.1, 0.15) is 0 Å². The normalized spacial score (nSPS) is 11.4. The Morgan fingerprint density at radius 1 is 1.29 bits per heavy atom. The SMILES string of the molecule is COCOc1cc[c]([Sn]([CH3])([CH3])[CH3])nc1. The number of ether oxygens (including phenoxy) is 2. The molecule has 0 saturated heterocycles. The molecule has 1 aromatic rings. The molecule has 0 radical (unpaired) electrons.